The lowest BCUT2D eigenvalue weighted by molar-refractivity contribution is 0.0603. The topological polar surface area (TPSA) is 56.5 Å². The van der Waals surface area contributed by atoms with Gasteiger partial charge in [-0.05, 0) is 32.4 Å². The summed E-state index contributed by atoms with van der Waals surface area (Å²) in [5, 5.41) is 3.34. The molecule has 0 fully saturated rings. The second-order valence-corrected chi connectivity index (χ2v) is 5.17. The Bertz CT molecular complexity index is 755. The maximum absolute atomic E-state index is 11.7. The van der Waals surface area contributed by atoms with Gasteiger partial charge in [0.15, 0.2) is 0 Å². The van der Waals surface area contributed by atoms with Crippen LogP contribution in [0.4, 0.5) is 0 Å². The lowest BCUT2D eigenvalue weighted by atomic mass is 10.1. The summed E-state index contributed by atoms with van der Waals surface area (Å²) in [6.45, 7) is 0. The summed E-state index contributed by atoms with van der Waals surface area (Å²) in [6.07, 6.45) is 0. The summed E-state index contributed by atoms with van der Waals surface area (Å²) >= 11 is 2.04. The molecule has 0 saturated carbocycles. The van der Waals surface area contributed by atoms with Gasteiger partial charge in [0.25, 0.3) is 0 Å². The van der Waals surface area contributed by atoms with Crippen molar-refractivity contribution in [1.82, 2.24) is 0 Å². The maximum atomic E-state index is 11.7. The summed E-state index contributed by atoms with van der Waals surface area (Å²) in [5.41, 5.74) is 0.757. The smallest absolute Gasteiger partial charge is 0.338 e. The van der Waals surface area contributed by atoms with Gasteiger partial charge in [0.2, 0.25) is 0 Å². The van der Waals surface area contributed by atoms with E-state index < -0.39 is 11.6 Å². The first-order valence-electron chi connectivity index (χ1n) is 5.10. The SMILES string of the molecule is COC(=O)c1cc(C#CSI)cc2oc(=O)ccc12. The molecule has 2 rings (SSSR count). The molecule has 19 heavy (non-hydrogen) atoms. The van der Waals surface area contributed by atoms with Crippen molar-refractivity contribution in [3.63, 3.8) is 0 Å². The summed E-state index contributed by atoms with van der Waals surface area (Å²) in [5.74, 6) is 2.37. The van der Waals surface area contributed by atoms with Crippen LogP contribution in [-0.2, 0) is 4.74 Å². The van der Waals surface area contributed by atoms with Gasteiger partial charge in [0, 0.05) is 38.2 Å². The second-order valence-electron chi connectivity index (χ2n) is 3.49. The van der Waals surface area contributed by atoms with Gasteiger partial charge in [0.05, 0.1) is 12.7 Å². The van der Waals surface area contributed by atoms with Crippen molar-refractivity contribution in [2.45, 2.75) is 0 Å². The van der Waals surface area contributed by atoms with Crippen LogP contribution in [0.3, 0.4) is 0 Å². The van der Waals surface area contributed by atoms with Crippen LogP contribution < -0.4 is 5.63 Å². The molecule has 0 amide bonds. The van der Waals surface area contributed by atoms with Crippen LogP contribution in [0.5, 0.6) is 0 Å². The van der Waals surface area contributed by atoms with E-state index in [-0.39, 0.29) is 0 Å². The zero-order valence-corrected chi connectivity index (χ0v) is 12.7. The fourth-order valence-electron chi connectivity index (χ4n) is 1.61. The van der Waals surface area contributed by atoms with Crippen LogP contribution in [-0.4, -0.2) is 13.1 Å². The Balaban J connectivity index is 2.75. The van der Waals surface area contributed by atoms with E-state index in [4.69, 9.17) is 9.15 Å². The molecule has 0 aliphatic rings. The molecule has 96 valence electrons. The van der Waals surface area contributed by atoms with Gasteiger partial charge in [0.1, 0.15) is 5.58 Å². The molecule has 0 aliphatic carbocycles. The molecule has 2 aromatic rings. The van der Waals surface area contributed by atoms with E-state index in [1.807, 2.05) is 21.2 Å². The molecule has 0 bridgehead atoms. The highest BCUT2D eigenvalue weighted by Crippen LogP contribution is 2.21. The summed E-state index contributed by atoms with van der Waals surface area (Å²) in [7, 11) is 2.62. The van der Waals surface area contributed by atoms with Gasteiger partial charge in [-0.1, -0.05) is 5.92 Å². The van der Waals surface area contributed by atoms with E-state index in [1.54, 1.807) is 12.1 Å². The summed E-state index contributed by atoms with van der Waals surface area (Å²) < 4.78 is 9.80. The third-order valence-electron chi connectivity index (χ3n) is 2.38. The normalized spacial score (nSPS) is 9.79. The molecule has 0 unspecified atom stereocenters. The number of benzene rings is 1. The van der Waals surface area contributed by atoms with Gasteiger partial charge in [-0.3, -0.25) is 0 Å². The molecule has 0 spiro atoms. The van der Waals surface area contributed by atoms with Crippen LogP contribution in [0, 0.1) is 11.2 Å². The predicted octanol–water partition coefficient (Wildman–Crippen LogP) is 2.97. The lowest BCUT2D eigenvalue weighted by Crippen LogP contribution is -2.04. The number of hydrogen-bond donors (Lipinski definition) is 0. The third kappa shape index (κ3) is 3.11. The number of carbonyl (C=O) groups excluding carboxylic acids is 1. The number of fused-ring (bicyclic) bond motifs is 1. The molecule has 0 aliphatic heterocycles. The Morgan fingerprint density at radius 2 is 2.21 bits per heavy atom. The van der Waals surface area contributed by atoms with Gasteiger partial charge >= 0.3 is 11.6 Å². The molecular weight excluding hydrogens is 379 g/mol. The highest BCUT2D eigenvalue weighted by atomic mass is 127. The molecular formula is C13H7IO4S. The zero-order chi connectivity index (χ0) is 13.8. The molecule has 0 N–H and O–H groups in total. The van der Waals surface area contributed by atoms with E-state index in [0.29, 0.717) is 22.1 Å². The van der Waals surface area contributed by atoms with Crippen LogP contribution in [0.15, 0.2) is 33.5 Å². The summed E-state index contributed by atoms with van der Waals surface area (Å²) in [4.78, 5) is 23.0. The second kappa shape index (κ2) is 6.12. The van der Waals surface area contributed by atoms with Crippen LogP contribution in [0.1, 0.15) is 15.9 Å². The van der Waals surface area contributed by atoms with E-state index >= 15 is 0 Å². The standard InChI is InChI=1S/C13H7IO4S/c1-17-13(16)10-6-8(4-5-19-14)7-11-9(10)2-3-12(15)18-11/h2-3,6-7H,1H3. The van der Waals surface area contributed by atoms with E-state index in [0.717, 1.165) is 0 Å². The van der Waals surface area contributed by atoms with Gasteiger partial charge < -0.3 is 9.15 Å². The number of methoxy groups -OCH3 is 1. The van der Waals surface area contributed by atoms with Crippen molar-refractivity contribution in [1.29, 1.82) is 0 Å². The van der Waals surface area contributed by atoms with Crippen molar-refractivity contribution < 1.29 is 13.9 Å². The molecule has 1 heterocycles. The molecule has 1 aromatic carbocycles. The summed E-state index contributed by atoms with van der Waals surface area (Å²) in [6, 6.07) is 6.05. The third-order valence-corrected chi connectivity index (χ3v) is 3.22. The maximum Gasteiger partial charge on any atom is 0.338 e. The van der Waals surface area contributed by atoms with E-state index in [2.05, 4.69) is 11.2 Å². The molecule has 6 heteroatoms. The predicted molar refractivity (Wildman–Crippen MR) is 82.3 cm³/mol. The Morgan fingerprint density at radius 1 is 1.42 bits per heavy atom. The average Bonchev–Trinajstić information content (AvgIpc) is 2.42. The van der Waals surface area contributed by atoms with Crippen molar-refractivity contribution in [3.05, 3.63) is 45.8 Å². The monoisotopic (exact) mass is 386 g/mol. The van der Waals surface area contributed by atoms with Crippen LogP contribution >= 0.6 is 30.1 Å². The van der Waals surface area contributed by atoms with Crippen molar-refractivity contribution in [2.75, 3.05) is 7.11 Å². The Morgan fingerprint density at radius 3 is 2.89 bits per heavy atom. The molecule has 0 saturated heterocycles. The first kappa shape index (κ1) is 14.0. The molecule has 0 radical (unpaired) electrons. The van der Waals surface area contributed by atoms with Gasteiger partial charge in [-0.25, -0.2) is 9.59 Å². The van der Waals surface area contributed by atoms with E-state index in [9.17, 15) is 9.59 Å². The fourth-order valence-corrected chi connectivity index (χ4v) is 2.09. The fraction of sp³-hybridized carbons (Fsp3) is 0.0769. The van der Waals surface area contributed by atoms with Crippen LogP contribution in [0.25, 0.3) is 11.0 Å². The number of rotatable bonds is 1. The molecule has 0 atom stereocenters. The van der Waals surface area contributed by atoms with Crippen molar-refractivity contribution in [3.8, 4) is 11.2 Å². The van der Waals surface area contributed by atoms with Crippen molar-refractivity contribution in [2.24, 2.45) is 0 Å². The number of ether oxygens (including phenoxy) is 1. The molecule has 4 nitrogen and oxygen atoms in total. The number of carbonyl (C=O) groups is 1. The van der Waals surface area contributed by atoms with Crippen LogP contribution in [0.2, 0.25) is 0 Å². The van der Waals surface area contributed by atoms with E-state index in [1.165, 1.54) is 28.2 Å². The largest absolute Gasteiger partial charge is 0.465 e. The highest BCUT2D eigenvalue weighted by Gasteiger charge is 2.13. The molecule has 1 aromatic heterocycles. The minimum atomic E-state index is -0.496. The quantitative estimate of drug-likeness (QED) is 0.327. The number of hydrogen-bond acceptors (Lipinski definition) is 5. The van der Waals surface area contributed by atoms with Gasteiger partial charge in [-0.15, -0.1) is 0 Å². The minimum Gasteiger partial charge on any atom is -0.465 e. The average molecular weight is 386 g/mol. The zero-order valence-electron chi connectivity index (χ0n) is 9.73. The highest BCUT2D eigenvalue weighted by molar-refractivity contribution is 14.2. The van der Waals surface area contributed by atoms with Gasteiger partial charge in [-0.2, -0.15) is 0 Å². The Kier molecular flexibility index (Phi) is 4.50. The van der Waals surface area contributed by atoms with Crippen molar-refractivity contribution >= 4 is 47.1 Å². The Labute approximate surface area is 125 Å². The Hall–Kier alpha value is -1.46. The first-order valence-corrected chi connectivity index (χ1v) is 8.46. The lowest BCUT2D eigenvalue weighted by Gasteiger charge is -2.04. The first-order chi connectivity index (χ1) is 9.15. The number of esters is 1. The number of halogens is 1. The minimum absolute atomic E-state index is 0.318.